The number of amides is 1. The predicted octanol–water partition coefficient (Wildman–Crippen LogP) is 0.0675. The molecule has 0 aliphatic rings. The SMILES string of the molecule is CC(C)(C)OC(=O)N(c1ccc(B(O)O)cc1)S(C)(=O)=O. The molecular weight excluding hydrogens is 297 g/mol. The molecule has 0 aromatic heterocycles. The highest BCUT2D eigenvalue weighted by Crippen LogP contribution is 2.20. The molecule has 9 heteroatoms. The van der Waals surface area contributed by atoms with Crippen molar-refractivity contribution in [3.05, 3.63) is 24.3 Å². The van der Waals surface area contributed by atoms with E-state index in [-0.39, 0.29) is 11.2 Å². The third-order valence-electron chi connectivity index (χ3n) is 2.32. The van der Waals surface area contributed by atoms with E-state index >= 15 is 0 Å². The Morgan fingerprint density at radius 1 is 1.19 bits per heavy atom. The van der Waals surface area contributed by atoms with Crippen LogP contribution in [-0.4, -0.2) is 43.5 Å². The van der Waals surface area contributed by atoms with E-state index in [9.17, 15) is 13.2 Å². The first-order valence-electron chi connectivity index (χ1n) is 6.11. The standard InChI is InChI=1S/C12H18BNO6S/c1-12(2,3)20-11(15)14(21(4,18)19)10-7-5-9(6-8-10)13(16)17/h5-8,16-17H,1-4H3. The zero-order chi connectivity index (χ0) is 16.4. The molecule has 0 bridgehead atoms. The number of ether oxygens (including phenoxy) is 1. The fraction of sp³-hybridized carbons (Fsp3) is 0.417. The maximum atomic E-state index is 12.1. The van der Waals surface area contributed by atoms with Crippen molar-refractivity contribution in [2.24, 2.45) is 0 Å². The minimum atomic E-state index is -3.89. The van der Waals surface area contributed by atoms with Crippen LogP contribution in [0.25, 0.3) is 0 Å². The first-order chi connectivity index (χ1) is 9.42. The number of sulfonamides is 1. The van der Waals surface area contributed by atoms with Crippen LogP contribution in [-0.2, 0) is 14.8 Å². The van der Waals surface area contributed by atoms with Gasteiger partial charge in [-0.3, -0.25) is 0 Å². The number of hydrogen-bond donors (Lipinski definition) is 2. The van der Waals surface area contributed by atoms with Crippen molar-refractivity contribution in [1.82, 2.24) is 0 Å². The van der Waals surface area contributed by atoms with E-state index in [1.54, 1.807) is 20.8 Å². The number of rotatable bonds is 3. The molecule has 2 N–H and O–H groups in total. The second-order valence-corrected chi connectivity index (χ2v) is 7.30. The molecule has 0 unspecified atom stereocenters. The summed E-state index contributed by atoms with van der Waals surface area (Å²) in [6.45, 7) is 4.86. The molecule has 0 radical (unpaired) electrons. The van der Waals surface area contributed by atoms with E-state index in [1.165, 1.54) is 24.3 Å². The van der Waals surface area contributed by atoms with E-state index in [4.69, 9.17) is 14.8 Å². The molecular formula is C12H18BNO6S. The molecule has 1 aromatic carbocycles. The third kappa shape index (κ3) is 5.03. The quantitative estimate of drug-likeness (QED) is 0.765. The van der Waals surface area contributed by atoms with Gasteiger partial charge in [-0.2, -0.15) is 4.31 Å². The Bertz CT molecular complexity index is 606. The summed E-state index contributed by atoms with van der Waals surface area (Å²) in [7, 11) is -5.56. The Kier molecular flexibility index (Phi) is 5.03. The average Bonchev–Trinajstić information content (AvgIpc) is 2.25. The van der Waals surface area contributed by atoms with Gasteiger partial charge in [-0.25, -0.2) is 13.2 Å². The lowest BCUT2D eigenvalue weighted by Gasteiger charge is -2.26. The van der Waals surface area contributed by atoms with Crippen LogP contribution in [0.4, 0.5) is 10.5 Å². The van der Waals surface area contributed by atoms with E-state index in [0.717, 1.165) is 6.26 Å². The van der Waals surface area contributed by atoms with Crippen LogP contribution in [0.3, 0.4) is 0 Å². The van der Waals surface area contributed by atoms with Crippen molar-refractivity contribution in [3.63, 3.8) is 0 Å². The van der Waals surface area contributed by atoms with E-state index in [1.807, 2.05) is 0 Å². The first-order valence-corrected chi connectivity index (χ1v) is 7.96. The predicted molar refractivity (Wildman–Crippen MR) is 79.8 cm³/mol. The van der Waals surface area contributed by atoms with Gasteiger partial charge in [-0.1, -0.05) is 12.1 Å². The van der Waals surface area contributed by atoms with Gasteiger partial charge in [-0.15, -0.1) is 0 Å². The highest BCUT2D eigenvalue weighted by molar-refractivity contribution is 7.92. The summed E-state index contributed by atoms with van der Waals surface area (Å²) in [5.41, 5.74) is -0.617. The summed E-state index contributed by atoms with van der Waals surface area (Å²) in [4.78, 5) is 12.1. The summed E-state index contributed by atoms with van der Waals surface area (Å²) in [6.07, 6.45) is -0.145. The maximum absolute atomic E-state index is 12.1. The fourth-order valence-corrected chi connectivity index (χ4v) is 2.33. The molecule has 0 heterocycles. The van der Waals surface area contributed by atoms with Crippen molar-refractivity contribution in [2.45, 2.75) is 26.4 Å². The van der Waals surface area contributed by atoms with Crippen molar-refractivity contribution in [2.75, 3.05) is 10.6 Å². The van der Waals surface area contributed by atoms with Gasteiger partial charge in [0, 0.05) is 0 Å². The molecule has 7 nitrogen and oxygen atoms in total. The summed E-state index contributed by atoms with van der Waals surface area (Å²) in [5, 5.41) is 18.0. The van der Waals surface area contributed by atoms with Gasteiger partial charge in [0.2, 0.25) is 10.0 Å². The van der Waals surface area contributed by atoms with Crippen molar-refractivity contribution >= 4 is 34.4 Å². The van der Waals surface area contributed by atoms with Crippen molar-refractivity contribution in [1.29, 1.82) is 0 Å². The van der Waals surface area contributed by atoms with Crippen molar-refractivity contribution in [3.8, 4) is 0 Å². The Morgan fingerprint density at radius 3 is 2.00 bits per heavy atom. The van der Waals surface area contributed by atoms with Crippen LogP contribution in [0.2, 0.25) is 0 Å². The third-order valence-corrected chi connectivity index (χ3v) is 3.34. The summed E-state index contributed by atoms with van der Waals surface area (Å²) in [6, 6.07) is 5.20. The van der Waals surface area contributed by atoms with Gasteiger partial charge < -0.3 is 14.8 Å². The van der Waals surface area contributed by atoms with Gasteiger partial charge in [0.05, 0.1) is 11.9 Å². The molecule has 0 saturated carbocycles. The van der Waals surface area contributed by atoms with Crippen molar-refractivity contribution < 1.29 is 28.0 Å². The average molecular weight is 315 g/mol. The van der Waals surface area contributed by atoms with Crippen LogP contribution in [0.15, 0.2) is 24.3 Å². The molecule has 21 heavy (non-hydrogen) atoms. The Hall–Kier alpha value is -1.58. The number of carbonyl (C=O) groups is 1. The Balaban J connectivity index is 3.18. The monoisotopic (exact) mass is 315 g/mol. The molecule has 0 aliphatic heterocycles. The second kappa shape index (κ2) is 6.04. The van der Waals surface area contributed by atoms with E-state index in [2.05, 4.69) is 0 Å². The molecule has 1 aromatic rings. The summed E-state index contributed by atoms with van der Waals surface area (Å²) in [5.74, 6) is 0. The molecule has 0 atom stereocenters. The smallest absolute Gasteiger partial charge is 0.443 e. The maximum Gasteiger partial charge on any atom is 0.488 e. The minimum absolute atomic E-state index is 0.0520. The molecule has 1 amide bonds. The first kappa shape index (κ1) is 17.5. The lowest BCUT2D eigenvalue weighted by atomic mass is 9.80. The van der Waals surface area contributed by atoms with Crippen LogP contribution in [0.5, 0.6) is 0 Å². The van der Waals surface area contributed by atoms with Gasteiger partial charge in [0.1, 0.15) is 5.60 Å². The highest BCUT2D eigenvalue weighted by Gasteiger charge is 2.30. The molecule has 1 rings (SSSR count). The molecule has 116 valence electrons. The second-order valence-electron chi connectivity index (χ2n) is 5.47. The van der Waals surface area contributed by atoms with Crippen LogP contribution in [0.1, 0.15) is 20.8 Å². The number of hydrogen-bond acceptors (Lipinski definition) is 6. The lowest BCUT2D eigenvalue weighted by molar-refractivity contribution is 0.0609. The summed E-state index contributed by atoms with van der Waals surface area (Å²) < 4.78 is 29.2. The number of benzene rings is 1. The topological polar surface area (TPSA) is 104 Å². The summed E-state index contributed by atoms with van der Waals surface area (Å²) >= 11 is 0. The number of carbonyl (C=O) groups excluding carboxylic acids is 1. The van der Waals surface area contributed by atoms with Gasteiger partial charge in [0.15, 0.2) is 0 Å². The molecule has 0 aliphatic carbocycles. The molecule has 0 spiro atoms. The van der Waals surface area contributed by atoms with Crippen LogP contribution < -0.4 is 9.77 Å². The number of nitrogens with zero attached hydrogens (tertiary/aromatic N) is 1. The Labute approximate surface area is 124 Å². The molecule has 0 fully saturated rings. The largest absolute Gasteiger partial charge is 0.488 e. The minimum Gasteiger partial charge on any atom is -0.443 e. The van der Waals surface area contributed by atoms with Crippen LogP contribution in [0, 0.1) is 0 Å². The lowest BCUT2D eigenvalue weighted by Crippen LogP contribution is -2.40. The van der Waals surface area contributed by atoms with Crippen LogP contribution >= 0.6 is 0 Å². The van der Waals surface area contributed by atoms with Gasteiger partial charge >= 0.3 is 13.2 Å². The zero-order valence-electron chi connectivity index (χ0n) is 12.3. The van der Waals surface area contributed by atoms with Gasteiger partial charge in [0.25, 0.3) is 0 Å². The van der Waals surface area contributed by atoms with Gasteiger partial charge in [-0.05, 0) is 38.4 Å². The van der Waals surface area contributed by atoms with E-state index in [0.29, 0.717) is 4.31 Å². The fourth-order valence-electron chi connectivity index (χ4n) is 1.52. The van der Waals surface area contributed by atoms with E-state index < -0.39 is 28.8 Å². The number of anilines is 1. The highest BCUT2D eigenvalue weighted by atomic mass is 32.2. The zero-order valence-corrected chi connectivity index (χ0v) is 13.1. The normalized spacial score (nSPS) is 11.9. The Morgan fingerprint density at radius 2 is 1.67 bits per heavy atom. The molecule has 0 saturated heterocycles.